The second kappa shape index (κ2) is 7.07. The minimum absolute atomic E-state index is 0.0377. The zero-order valence-corrected chi connectivity index (χ0v) is 12.6. The van der Waals surface area contributed by atoms with Crippen molar-refractivity contribution in [2.75, 3.05) is 5.32 Å². The maximum Gasteiger partial charge on any atom is 0.244 e. The van der Waals surface area contributed by atoms with Gasteiger partial charge in [-0.15, -0.1) is 0 Å². The van der Waals surface area contributed by atoms with Crippen LogP contribution >= 0.6 is 0 Å². The molecule has 1 unspecified atom stereocenters. The molecule has 1 aliphatic rings. The van der Waals surface area contributed by atoms with E-state index in [1.165, 1.54) is 25.3 Å². The van der Waals surface area contributed by atoms with E-state index in [1.807, 2.05) is 31.2 Å². The maximum atomic E-state index is 12.0. The molecule has 0 radical (unpaired) electrons. The first-order valence-electron chi connectivity index (χ1n) is 7.42. The second-order valence-electron chi connectivity index (χ2n) is 5.55. The molecule has 2 amide bonds. The molecular formula is C17H22N2O2. The van der Waals surface area contributed by atoms with Crippen LogP contribution in [0.4, 0.5) is 5.69 Å². The van der Waals surface area contributed by atoms with Crippen LogP contribution in [0.5, 0.6) is 0 Å². The summed E-state index contributed by atoms with van der Waals surface area (Å²) in [5.41, 5.74) is 2.96. The summed E-state index contributed by atoms with van der Waals surface area (Å²) in [4.78, 5) is 23.1. The van der Waals surface area contributed by atoms with E-state index in [2.05, 4.69) is 10.6 Å². The predicted octanol–water partition coefficient (Wildman–Crippen LogP) is 3.32. The maximum absolute atomic E-state index is 12.0. The van der Waals surface area contributed by atoms with Gasteiger partial charge in [0.2, 0.25) is 11.8 Å². The summed E-state index contributed by atoms with van der Waals surface area (Å²) in [6.07, 6.45) is 6.20. The molecule has 1 atom stereocenters. The summed E-state index contributed by atoms with van der Waals surface area (Å²) in [5.74, 6) is -0.140. The van der Waals surface area contributed by atoms with Crippen LogP contribution in [0, 0.1) is 0 Å². The molecule has 1 aromatic carbocycles. The zero-order chi connectivity index (χ0) is 15.2. The van der Waals surface area contributed by atoms with Crippen LogP contribution in [0.2, 0.25) is 0 Å². The van der Waals surface area contributed by atoms with Crippen LogP contribution in [0.25, 0.3) is 0 Å². The van der Waals surface area contributed by atoms with Crippen molar-refractivity contribution in [3.8, 4) is 0 Å². The van der Waals surface area contributed by atoms with E-state index < -0.39 is 0 Å². The fourth-order valence-corrected chi connectivity index (χ4v) is 2.59. The van der Waals surface area contributed by atoms with Crippen molar-refractivity contribution >= 4 is 17.5 Å². The smallest absolute Gasteiger partial charge is 0.244 e. The minimum Gasteiger partial charge on any atom is -0.346 e. The third-order valence-corrected chi connectivity index (χ3v) is 3.65. The third kappa shape index (κ3) is 4.74. The molecule has 1 fully saturated rings. The average molecular weight is 286 g/mol. The number of amides is 2. The van der Waals surface area contributed by atoms with Crippen LogP contribution in [-0.2, 0) is 9.59 Å². The first kappa shape index (κ1) is 15.3. The quantitative estimate of drug-likeness (QED) is 0.834. The van der Waals surface area contributed by atoms with Gasteiger partial charge < -0.3 is 10.6 Å². The van der Waals surface area contributed by atoms with Gasteiger partial charge in [0.1, 0.15) is 0 Å². The highest BCUT2D eigenvalue weighted by Gasteiger charge is 2.12. The molecule has 1 saturated carbocycles. The predicted molar refractivity (Wildman–Crippen MR) is 83.9 cm³/mol. The highest BCUT2D eigenvalue weighted by Crippen LogP contribution is 2.23. The molecule has 112 valence electrons. The Morgan fingerprint density at radius 2 is 1.95 bits per heavy atom. The molecule has 0 aliphatic heterocycles. The number of rotatable bonds is 4. The lowest BCUT2D eigenvalue weighted by atomic mass is 10.1. The van der Waals surface area contributed by atoms with E-state index in [0.29, 0.717) is 0 Å². The van der Waals surface area contributed by atoms with Crippen molar-refractivity contribution in [2.45, 2.75) is 45.6 Å². The molecule has 4 heteroatoms. The molecule has 1 aromatic rings. The molecule has 4 nitrogen and oxygen atoms in total. The Morgan fingerprint density at radius 3 is 2.62 bits per heavy atom. The lowest BCUT2D eigenvalue weighted by Crippen LogP contribution is -2.25. The van der Waals surface area contributed by atoms with Crippen molar-refractivity contribution in [2.24, 2.45) is 0 Å². The minimum atomic E-state index is -0.102. The summed E-state index contributed by atoms with van der Waals surface area (Å²) in [5, 5.41) is 5.72. The van der Waals surface area contributed by atoms with Crippen molar-refractivity contribution in [3.63, 3.8) is 0 Å². The molecule has 0 heterocycles. The van der Waals surface area contributed by atoms with Gasteiger partial charge in [0.25, 0.3) is 0 Å². The first-order chi connectivity index (χ1) is 10.0. The monoisotopic (exact) mass is 286 g/mol. The Kier molecular flexibility index (Phi) is 5.14. The molecule has 21 heavy (non-hydrogen) atoms. The number of hydrogen-bond acceptors (Lipinski definition) is 2. The van der Waals surface area contributed by atoms with Gasteiger partial charge in [-0.3, -0.25) is 9.59 Å². The molecule has 0 aromatic heterocycles. The molecule has 0 bridgehead atoms. The number of carbonyl (C=O) groups excluding carboxylic acids is 2. The molecule has 2 rings (SSSR count). The average Bonchev–Trinajstić information content (AvgIpc) is 2.90. The largest absolute Gasteiger partial charge is 0.346 e. The summed E-state index contributed by atoms with van der Waals surface area (Å²) in [7, 11) is 0. The Bertz CT molecular complexity index is 556. The normalized spacial score (nSPS) is 15.4. The van der Waals surface area contributed by atoms with Gasteiger partial charge in [-0.25, -0.2) is 0 Å². The van der Waals surface area contributed by atoms with Gasteiger partial charge in [-0.1, -0.05) is 17.7 Å². The van der Waals surface area contributed by atoms with Crippen LogP contribution in [0.15, 0.2) is 35.9 Å². The second-order valence-corrected chi connectivity index (χ2v) is 5.55. The molecule has 0 saturated heterocycles. The van der Waals surface area contributed by atoms with E-state index in [4.69, 9.17) is 0 Å². The number of benzene rings is 1. The van der Waals surface area contributed by atoms with Crippen molar-refractivity contribution in [3.05, 3.63) is 41.5 Å². The lowest BCUT2D eigenvalue weighted by molar-refractivity contribution is -0.117. The highest BCUT2D eigenvalue weighted by molar-refractivity contribution is 5.89. The van der Waals surface area contributed by atoms with E-state index in [9.17, 15) is 9.59 Å². The number of hydrogen-bond donors (Lipinski definition) is 2. The van der Waals surface area contributed by atoms with Crippen molar-refractivity contribution in [1.29, 1.82) is 0 Å². The summed E-state index contributed by atoms with van der Waals surface area (Å²) >= 11 is 0. The van der Waals surface area contributed by atoms with Gasteiger partial charge >= 0.3 is 0 Å². The Labute approximate surface area is 125 Å². The zero-order valence-electron chi connectivity index (χ0n) is 12.6. The SMILES string of the molecule is CC(=O)Nc1cccc(C(C)NC(=O)C=C2CCCC2)c1. The van der Waals surface area contributed by atoms with Crippen LogP contribution < -0.4 is 10.6 Å². The van der Waals surface area contributed by atoms with Crippen LogP contribution in [0.1, 0.15) is 51.1 Å². The fourth-order valence-electron chi connectivity index (χ4n) is 2.59. The van der Waals surface area contributed by atoms with Crippen molar-refractivity contribution < 1.29 is 9.59 Å². The number of anilines is 1. The topological polar surface area (TPSA) is 58.2 Å². The van der Waals surface area contributed by atoms with E-state index >= 15 is 0 Å². The van der Waals surface area contributed by atoms with Gasteiger partial charge in [-0.2, -0.15) is 0 Å². The standard InChI is InChI=1S/C17H22N2O2/c1-12(18-17(21)10-14-6-3-4-7-14)15-8-5-9-16(11-15)19-13(2)20/h5,8-12H,3-4,6-7H2,1-2H3,(H,18,21)(H,19,20). The molecule has 1 aliphatic carbocycles. The molecular weight excluding hydrogens is 264 g/mol. The van der Waals surface area contributed by atoms with Crippen LogP contribution in [-0.4, -0.2) is 11.8 Å². The Morgan fingerprint density at radius 1 is 1.24 bits per heavy atom. The summed E-state index contributed by atoms with van der Waals surface area (Å²) < 4.78 is 0. The Hall–Kier alpha value is -2.10. The van der Waals surface area contributed by atoms with E-state index in [0.717, 1.165) is 24.1 Å². The van der Waals surface area contributed by atoms with Gasteiger partial charge in [-0.05, 0) is 50.3 Å². The summed E-state index contributed by atoms with van der Waals surface area (Å²) in [6, 6.07) is 7.44. The third-order valence-electron chi connectivity index (χ3n) is 3.65. The van der Waals surface area contributed by atoms with Crippen molar-refractivity contribution in [1.82, 2.24) is 5.32 Å². The molecule has 2 N–H and O–H groups in total. The van der Waals surface area contributed by atoms with Gasteiger partial charge in [0.15, 0.2) is 0 Å². The number of nitrogens with one attached hydrogen (secondary N) is 2. The van der Waals surface area contributed by atoms with E-state index in [1.54, 1.807) is 6.08 Å². The van der Waals surface area contributed by atoms with E-state index in [-0.39, 0.29) is 17.9 Å². The van der Waals surface area contributed by atoms with Gasteiger partial charge in [0, 0.05) is 18.7 Å². The van der Waals surface area contributed by atoms with Crippen LogP contribution in [0.3, 0.4) is 0 Å². The van der Waals surface area contributed by atoms with Gasteiger partial charge in [0.05, 0.1) is 6.04 Å². The Balaban J connectivity index is 1.99. The lowest BCUT2D eigenvalue weighted by Gasteiger charge is -2.14. The number of allylic oxidation sites excluding steroid dienone is 1. The highest BCUT2D eigenvalue weighted by atomic mass is 16.2. The number of carbonyl (C=O) groups is 2. The molecule has 0 spiro atoms. The summed E-state index contributed by atoms with van der Waals surface area (Å²) in [6.45, 7) is 3.42. The first-order valence-corrected chi connectivity index (χ1v) is 7.42. The fraction of sp³-hybridized carbons (Fsp3) is 0.412.